The molecule has 1 atom stereocenters. The normalized spacial score (nSPS) is 17.2. The number of rotatable bonds is 3. The number of imide groups is 1. The van der Waals surface area contributed by atoms with Crippen LogP contribution in [0.3, 0.4) is 0 Å². The summed E-state index contributed by atoms with van der Waals surface area (Å²) < 4.78 is 0. The monoisotopic (exact) mass is 290 g/mol. The predicted molar refractivity (Wildman–Crippen MR) is 78.4 cm³/mol. The summed E-state index contributed by atoms with van der Waals surface area (Å²) in [5, 5.41) is 4.98. The first-order chi connectivity index (χ1) is 9.86. The average molecular weight is 290 g/mol. The van der Waals surface area contributed by atoms with Crippen molar-refractivity contribution < 1.29 is 14.4 Å². The molecule has 1 fully saturated rings. The number of carbonyl (C=O) groups is 3. The Balaban J connectivity index is 2.07. The Kier molecular flexibility index (Phi) is 4.23. The Bertz CT molecular complexity index is 584. The van der Waals surface area contributed by atoms with Gasteiger partial charge in [-0.05, 0) is 31.5 Å². The second kappa shape index (κ2) is 5.92. The molecule has 21 heavy (non-hydrogen) atoms. The van der Waals surface area contributed by atoms with E-state index in [0.717, 1.165) is 5.56 Å². The first-order valence-electron chi connectivity index (χ1n) is 6.60. The van der Waals surface area contributed by atoms with E-state index >= 15 is 0 Å². The molecule has 7 nitrogen and oxygen atoms in total. The molecule has 0 spiro atoms. The molecule has 0 radical (unpaired) electrons. The van der Waals surface area contributed by atoms with Gasteiger partial charge in [0.05, 0.1) is 19.1 Å². The van der Waals surface area contributed by atoms with Crippen LogP contribution in [-0.4, -0.2) is 41.8 Å². The molecule has 2 rings (SSSR count). The molecule has 3 amide bonds. The molecule has 1 aromatic carbocycles. The summed E-state index contributed by atoms with van der Waals surface area (Å²) in [7, 11) is 0. The fourth-order valence-electron chi connectivity index (χ4n) is 2.11. The van der Waals surface area contributed by atoms with Crippen molar-refractivity contribution in [1.82, 2.24) is 10.2 Å². The highest BCUT2D eigenvalue weighted by Gasteiger charge is 2.29. The van der Waals surface area contributed by atoms with Crippen LogP contribution in [-0.2, 0) is 14.4 Å². The van der Waals surface area contributed by atoms with Crippen molar-refractivity contribution in [2.45, 2.75) is 19.9 Å². The standard InChI is InChI=1S/C14H18N4O3/c1-8-3-4-10(15)5-11(8)16-14(21)9(2)18-6-12(19)17-13(20)7-18/h3-5,9H,6-7,15H2,1-2H3,(H,16,21)(H,17,19,20). The van der Waals surface area contributed by atoms with Crippen LogP contribution in [0.2, 0.25) is 0 Å². The molecular weight excluding hydrogens is 272 g/mol. The Labute approximate surface area is 122 Å². The highest BCUT2D eigenvalue weighted by Crippen LogP contribution is 2.18. The molecule has 1 aliphatic heterocycles. The molecule has 0 aromatic heterocycles. The predicted octanol–water partition coefficient (Wildman–Crippen LogP) is -0.137. The summed E-state index contributed by atoms with van der Waals surface area (Å²) >= 11 is 0. The summed E-state index contributed by atoms with van der Waals surface area (Å²) in [6, 6.07) is 4.64. The topological polar surface area (TPSA) is 105 Å². The maximum Gasteiger partial charge on any atom is 0.241 e. The van der Waals surface area contributed by atoms with Crippen LogP contribution >= 0.6 is 0 Å². The molecule has 0 bridgehead atoms. The summed E-state index contributed by atoms with van der Waals surface area (Å²) in [6.07, 6.45) is 0. The Morgan fingerprint density at radius 2 is 1.95 bits per heavy atom. The van der Waals surface area contributed by atoms with E-state index in [-0.39, 0.29) is 19.0 Å². The van der Waals surface area contributed by atoms with Crippen molar-refractivity contribution in [2.24, 2.45) is 0 Å². The van der Waals surface area contributed by atoms with Crippen LogP contribution in [0.1, 0.15) is 12.5 Å². The minimum atomic E-state index is -0.596. The largest absolute Gasteiger partial charge is 0.399 e. The van der Waals surface area contributed by atoms with Gasteiger partial charge in [0.15, 0.2) is 0 Å². The van der Waals surface area contributed by atoms with Gasteiger partial charge in [-0.25, -0.2) is 0 Å². The number of hydrogen-bond donors (Lipinski definition) is 3. The molecule has 112 valence electrons. The lowest BCUT2D eigenvalue weighted by atomic mass is 10.1. The third-order valence-electron chi connectivity index (χ3n) is 3.42. The van der Waals surface area contributed by atoms with Gasteiger partial charge in [-0.15, -0.1) is 0 Å². The van der Waals surface area contributed by atoms with E-state index in [1.54, 1.807) is 19.1 Å². The number of aryl methyl sites for hydroxylation is 1. The second-order valence-corrected chi connectivity index (χ2v) is 5.12. The van der Waals surface area contributed by atoms with E-state index in [2.05, 4.69) is 10.6 Å². The smallest absolute Gasteiger partial charge is 0.241 e. The van der Waals surface area contributed by atoms with Crippen LogP contribution in [0.15, 0.2) is 18.2 Å². The zero-order valence-electron chi connectivity index (χ0n) is 12.0. The van der Waals surface area contributed by atoms with Crippen molar-refractivity contribution in [2.75, 3.05) is 24.1 Å². The fraction of sp³-hybridized carbons (Fsp3) is 0.357. The average Bonchev–Trinajstić information content (AvgIpc) is 2.41. The maximum atomic E-state index is 12.3. The van der Waals surface area contributed by atoms with Gasteiger partial charge in [0.2, 0.25) is 17.7 Å². The number of benzene rings is 1. The van der Waals surface area contributed by atoms with Gasteiger partial charge in [-0.2, -0.15) is 0 Å². The lowest BCUT2D eigenvalue weighted by molar-refractivity contribution is -0.138. The van der Waals surface area contributed by atoms with Crippen molar-refractivity contribution in [1.29, 1.82) is 0 Å². The molecule has 0 aliphatic carbocycles. The van der Waals surface area contributed by atoms with Gasteiger partial charge in [0, 0.05) is 11.4 Å². The van der Waals surface area contributed by atoms with Crippen molar-refractivity contribution >= 4 is 29.1 Å². The van der Waals surface area contributed by atoms with E-state index in [4.69, 9.17) is 5.73 Å². The summed E-state index contributed by atoms with van der Waals surface area (Å²) in [5.74, 6) is -1.08. The number of carbonyl (C=O) groups excluding carboxylic acids is 3. The van der Waals surface area contributed by atoms with Crippen molar-refractivity contribution in [3.8, 4) is 0 Å². The molecule has 1 aromatic rings. The number of nitrogens with one attached hydrogen (secondary N) is 2. The Morgan fingerprint density at radius 1 is 1.33 bits per heavy atom. The van der Waals surface area contributed by atoms with Crippen LogP contribution in [0, 0.1) is 6.92 Å². The third-order valence-corrected chi connectivity index (χ3v) is 3.42. The molecule has 1 aliphatic rings. The summed E-state index contributed by atoms with van der Waals surface area (Å²) in [4.78, 5) is 36.5. The van der Waals surface area contributed by atoms with E-state index in [1.165, 1.54) is 4.90 Å². The second-order valence-electron chi connectivity index (χ2n) is 5.12. The number of amides is 3. The number of nitrogens with two attached hydrogens (primary N) is 1. The molecule has 7 heteroatoms. The zero-order chi connectivity index (χ0) is 15.6. The van der Waals surface area contributed by atoms with Gasteiger partial charge in [-0.3, -0.25) is 24.6 Å². The van der Waals surface area contributed by atoms with Gasteiger partial charge < -0.3 is 11.1 Å². The Morgan fingerprint density at radius 3 is 2.57 bits per heavy atom. The van der Waals surface area contributed by atoms with Crippen molar-refractivity contribution in [3.63, 3.8) is 0 Å². The molecular formula is C14H18N4O3. The van der Waals surface area contributed by atoms with Crippen LogP contribution < -0.4 is 16.4 Å². The number of anilines is 2. The van der Waals surface area contributed by atoms with Crippen LogP contribution in [0.5, 0.6) is 0 Å². The molecule has 1 saturated heterocycles. The van der Waals surface area contributed by atoms with Gasteiger partial charge in [-0.1, -0.05) is 6.07 Å². The number of nitrogens with zero attached hydrogens (tertiary/aromatic N) is 1. The lowest BCUT2D eigenvalue weighted by Crippen LogP contribution is -2.56. The zero-order valence-corrected chi connectivity index (χ0v) is 12.0. The van der Waals surface area contributed by atoms with Crippen LogP contribution in [0.4, 0.5) is 11.4 Å². The number of piperazine rings is 1. The Hall–Kier alpha value is -2.41. The van der Waals surface area contributed by atoms with E-state index in [9.17, 15) is 14.4 Å². The third kappa shape index (κ3) is 3.57. The number of hydrogen-bond acceptors (Lipinski definition) is 5. The first-order valence-corrected chi connectivity index (χ1v) is 6.60. The van der Waals surface area contributed by atoms with Gasteiger partial charge in [0.25, 0.3) is 0 Å². The van der Waals surface area contributed by atoms with E-state index in [0.29, 0.717) is 11.4 Å². The lowest BCUT2D eigenvalue weighted by Gasteiger charge is -2.30. The minimum Gasteiger partial charge on any atom is -0.399 e. The van der Waals surface area contributed by atoms with Crippen LogP contribution in [0.25, 0.3) is 0 Å². The maximum absolute atomic E-state index is 12.3. The highest BCUT2D eigenvalue weighted by molar-refractivity contribution is 6.01. The van der Waals surface area contributed by atoms with E-state index in [1.807, 2.05) is 13.0 Å². The number of nitrogen functional groups attached to an aromatic ring is 1. The quantitative estimate of drug-likeness (QED) is 0.531. The fourth-order valence-corrected chi connectivity index (χ4v) is 2.11. The van der Waals surface area contributed by atoms with Gasteiger partial charge in [0.1, 0.15) is 0 Å². The highest BCUT2D eigenvalue weighted by atomic mass is 16.2. The molecule has 4 N–H and O–H groups in total. The molecule has 1 unspecified atom stereocenters. The first kappa shape index (κ1) is 15.0. The summed E-state index contributed by atoms with van der Waals surface area (Å²) in [6.45, 7) is 3.56. The summed E-state index contributed by atoms with van der Waals surface area (Å²) in [5.41, 5.74) is 7.76. The minimum absolute atomic E-state index is 0.0240. The van der Waals surface area contributed by atoms with Crippen molar-refractivity contribution in [3.05, 3.63) is 23.8 Å². The molecule has 1 heterocycles. The van der Waals surface area contributed by atoms with E-state index < -0.39 is 17.9 Å². The SMILES string of the molecule is Cc1ccc(N)cc1NC(=O)C(C)N1CC(=O)NC(=O)C1. The van der Waals surface area contributed by atoms with Gasteiger partial charge >= 0.3 is 0 Å². The molecule has 0 saturated carbocycles.